The molecule has 0 aliphatic heterocycles. The minimum atomic E-state index is -0.401. The first-order valence-corrected chi connectivity index (χ1v) is 8.39. The summed E-state index contributed by atoms with van der Waals surface area (Å²) in [5.74, 6) is -0.588. The molecule has 25 heavy (non-hydrogen) atoms. The summed E-state index contributed by atoms with van der Waals surface area (Å²) in [6.45, 7) is 3.95. The van der Waals surface area contributed by atoms with Crippen LogP contribution in [0.1, 0.15) is 31.7 Å². The Morgan fingerprint density at radius 3 is 2.36 bits per heavy atom. The lowest BCUT2D eigenvalue weighted by Gasteiger charge is -2.15. The van der Waals surface area contributed by atoms with Gasteiger partial charge in [-0.3, -0.25) is 9.59 Å². The third-order valence-corrected chi connectivity index (χ3v) is 3.70. The fraction of sp³-hybridized carbons (Fsp3) is 0.300. The Kier molecular flexibility index (Phi) is 7.01. The monoisotopic (exact) mass is 341 g/mol. The minimum absolute atomic E-state index is 0.331. The summed E-state index contributed by atoms with van der Waals surface area (Å²) in [4.78, 5) is 24.4. The lowest BCUT2D eigenvalue weighted by atomic mass is 9.97. The highest BCUT2D eigenvalue weighted by atomic mass is 16.5. The van der Waals surface area contributed by atoms with Crippen LogP contribution in [0.2, 0.25) is 0 Å². The van der Waals surface area contributed by atoms with Crippen molar-refractivity contribution in [1.82, 2.24) is 0 Å². The van der Waals surface area contributed by atoms with Crippen molar-refractivity contribution in [3.8, 4) is 5.75 Å². The van der Waals surface area contributed by atoms with Crippen LogP contribution < -0.4 is 10.1 Å². The third-order valence-electron chi connectivity index (χ3n) is 3.70. The van der Waals surface area contributed by atoms with Gasteiger partial charge in [-0.2, -0.15) is 0 Å². The number of amides is 1. The predicted molar refractivity (Wildman–Crippen MR) is 96.7 cm³/mol. The van der Waals surface area contributed by atoms with E-state index in [9.17, 15) is 9.59 Å². The topological polar surface area (TPSA) is 64.6 Å². The van der Waals surface area contributed by atoms with Crippen molar-refractivity contribution >= 4 is 17.6 Å². The molecule has 0 radical (unpaired) electrons. The van der Waals surface area contributed by atoms with E-state index < -0.39 is 11.9 Å². The van der Waals surface area contributed by atoms with E-state index in [2.05, 4.69) is 5.32 Å². The molecule has 0 heterocycles. The van der Waals surface area contributed by atoms with Crippen LogP contribution in [-0.4, -0.2) is 25.1 Å². The van der Waals surface area contributed by atoms with Crippen molar-refractivity contribution in [2.75, 3.05) is 18.5 Å². The molecular weight excluding hydrogens is 318 g/mol. The number of hydrogen-bond donors (Lipinski definition) is 1. The van der Waals surface area contributed by atoms with E-state index in [1.54, 1.807) is 18.2 Å². The molecule has 0 bridgehead atoms. The van der Waals surface area contributed by atoms with Gasteiger partial charge in [-0.25, -0.2) is 0 Å². The molecule has 5 heteroatoms. The molecule has 0 aliphatic carbocycles. The van der Waals surface area contributed by atoms with Crippen LogP contribution in [0.5, 0.6) is 5.75 Å². The van der Waals surface area contributed by atoms with Gasteiger partial charge >= 0.3 is 5.97 Å². The number of carbonyl (C=O) groups is 2. The molecule has 0 fully saturated rings. The zero-order valence-corrected chi connectivity index (χ0v) is 14.5. The Balaban J connectivity index is 1.92. The highest BCUT2D eigenvalue weighted by Crippen LogP contribution is 2.24. The first kappa shape index (κ1) is 18.5. The molecule has 0 saturated heterocycles. The lowest BCUT2D eigenvalue weighted by Crippen LogP contribution is -2.24. The van der Waals surface area contributed by atoms with Crippen molar-refractivity contribution in [2.45, 2.75) is 26.2 Å². The van der Waals surface area contributed by atoms with E-state index in [0.717, 1.165) is 5.56 Å². The Hall–Kier alpha value is -2.82. The highest BCUT2D eigenvalue weighted by Gasteiger charge is 2.21. The zero-order valence-electron chi connectivity index (χ0n) is 14.5. The summed E-state index contributed by atoms with van der Waals surface area (Å²) >= 11 is 0. The van der Waals surface area contributed by atoms with Gasteiger partial charge in [0.15, 0.2) is 6.61 Å². The smallest absolute Gasteiger partial charge is 0.313 e. The molecule has 1 amide bonds. The van der Waals surface area contributed by atoms with Crippen molar-refractivity contribution in [3.63, 3.8) is 0 Å². The van der Waals surface area contributed by atoms with Crippen LogP contribution in [0.25, 0.3) is 0 Å². The van der Waals surface area contributed by atoms with Crippen molar-refractivity contribution in [2.24, 2.45) is 0 Å². The average Bonchev–Trinajstić information content (AvgIpc) is 2.63. The molecule has 5 nitrogen and oxygen atoms in total. The van der Waals surface area contributed by atoms with E-state index in [1.165, 1.54) is 0 Å². The molecule has 2 aromatic carbocycles. The van der Waals surface area contributed by atoms with Crippen molar-refractivity contribution in [3.05, 3.63) is 60.2 Å². The maximum atomic E-state index is 12.3. The molecule has 0 aromatic heterocycles. The van der Waals surface area contributed by atoms with Crippen molar-refractivity contribution < 1.29 is 19.1 Å². The van der Waals surface area contributed by atoms with Gasteiger partial charge in [0.2, 0.25) is 0 Å². The van der Waals surface area contributed by atoms with Gasteiger partial charge in [0.25, 0.3) is 5.91 Å². The van der Waals surface area contributed by atoms with Gasteiger partial charge in [0.05, 0.1) is 18.2 Å². The Morgan fingerprint density at radius 1 is 1.00 bits per heavy atom. The number of carbonyl (C=O) groups excluding carboxylic acids is 2. The largest absolute Gasteiger partial charge is 0.492 e. The van der Waals surface area contributed by atoms with Crippen LogP contribution in [0.15, 0.2) is 54.6 Å². The van der Waals surface area contributed by atoms with Crippen LogP contribution in [0.3, 0.4) is 0 Å². The summed E-state index contributed by atoms with van der Waals surface area (Å²) in [5, 5.41) is 2.71. The molecule has 2 rings (SSSR count). The Bertz CT molecular complexity index is 700. The van der Waals surface area contributed by atoms with Gasteiger partial charge in [0.1, 0.15) is 5.75 Å². The number of nitrogens with one attached hydrogen (secondary N) is 1. The Labute approximate surface area is 148 Å². The number of esters is 1. The van der Waals surface area contributed by atoms with Gasteiger partial charge in [0, 0.05) is 0 Å². The molecule has 1 atom stereocenters. The number of ether oxygens (including phenoxy) is 2. The molecule has 0 unspecified atom stereocenters. The normalized spacial score (nSPS) is 11.4. The van der Waals surface area contributed by atoms with Crippen LogP contribution in [0, 0.1) is 0 Å². The fourth-order valence-corrected chi connectivity index (χ4v) is 2.50. The second-order valence-corrected chi connectivity index (χ2v) is 5.46. The van der Waals surface area contributed by atoms with Crippen LogP contribution >= 0.6 is 0 Å². The molecule has 0 spiro atoms. The number of para-hydroxylation sites is 2. The molecule has 132 valence electrons. The first-order chi connectivity index (χ1) is 12.2. The van der Waals surface area contributed by atoms with Gasteiger partial charge < -0.3 is 14.8 Å². The SMILES string of the molecule is CCOc1ccccc1NC(=O)COC(=O)[C@@H](CC)c1ccccc1. The minimum Gasteiger partial charge on any atom is -0.492 e. The Morgan fingerprint density at radius 2 is 1.68 bits per heavy atom. The molecule has 0 aliphatic rings. The predicted octanol–water partition coefficient (Wildman–Crippen LogP) is 3.76. The van der Waals surface area contributed by atoms with E-state index in [-0.39, 0.29) is 12.5 Å². The number of rotatable bonds is 8. The summed E-state index contributed by atoms with van der Waals surface area (Å²) in [5.41, 5.74) is 1.44. The summed E-state index contributed by atoms with van der Waals surface area (Å²) in [7, 11) is 0. The van der Waals surface area contributed by atoms with Gasteiger partial charge in [-0.05, 0) is 31.0 Å². The zero-order chi connectivity index (χ0) is 18.1. The number of hydrogen-bond acceptors (Lipinski definition) is 4. The maximum absolute atomic E-state index is 12.3. The van der Waals surface area contributed by atoms with E-state index in [0.29, 0.717) is 24.5 Å². The number of benzene rings is 2. The van der Waals surface area contributed by atoms with Crippen LogP contribution in [-0.2, 0) is 14.3 Å². The third kappa shape index (κ3) is 5.35. The van der Waals surface area contributed by atoms with E-state index in [4.69, 9.17) is 9.47 Å². The number of anilines is 1. The second kappa shape index (κ2) is 9.47. The standard InChI is InChI=1S/C20H23NO4/c1-3-16(15-10-6-5-7-11-15)20(23)25-14-19(22)21-17-12-8-9-13-18(17)24-4-2/h5-13,16H,3-4,14H2,1-2H3,(H,21,22)/t16-/m0/s1. The molecule has 1 N–H and O–H groups in total. The van der Waals surface area contributed by atoms with Crippen LogP contribution in [0.4, 0.5) is 5.69 Å². The van der Waals surface area contributed by atoms with E-state index in [1.807, 2.05) is 50.2 Å². The summed E-state index contributed by atoms with van der Waals surface area (Å²) < 4.78 is 10.6. The summed E-state index contributed by atoms with van der Waals surface area (Å²) in [6, 6.07) is 16.5. The molecule has 0 saturated carbocycles. The quantitative estimate of drug-likeness (QED) is 0.743. The maximum Gasteiger partial charge on any atom is 0.313 e. The second-order valence-electron chi connectivity index (χ2n) is 5.46. The van der Waals surface area contributed by atoms with E-state index >= 15 is 0 Å². The fourth-order valence-electron chi connectivity index (χ4n) is 2.50. The molecule has 2 aromatic rings. The van der Waals surface area contributed by atoms with Gasteiger partial charge in [-0.1, -0.05) is 49.4 Å². The summed E-state index contributed by atoms with van der Waals surface area (Å²) in [6.07, 6.45) is 0.609. The average molecular weight is 341 g/mol. The first-order valence-electron chi connectivity index (χ1n) is 8.39. The lowest BCUT2D eigenvalue weighted by molar-refractivity contribution is -0.149. The highest BCUT2D eigenvalue weighted by molar-refractivity contribution is 5.94. The van der Waals surface area contributed by atoms with Gasteiger partial charge in [-0.15, -0.1) is 0 Å². The van der Waals surface area contributed by atoms with Crippen molar-refractivity contribution in [1.29, 1.82) is 0 Å². The molecular formula is C20H23NO4.